The van der Waals surface area contributed by atoms with E-state index in [-0.39, 0.29) is 10.3 Å². The summed E-state index contributed by atoms with van der Waals surface area (Å²) in [5, 5.41) is 0.414. The Hall–Kier alpha value is 0.0900. The molecular formula is C11H9Cl4OP. The molecule has 0 unspecified atom stereocenters. The molecule has 0 bridgehead atoms. The summed E-state index contributed by atoms with van der Waals surface area (Å²) < 4.78 is 11.9. The maximum Gasteiger partial charge on any atom is 0.284 e. The lowest BCUT2D eigenvalue weighted by molar-refractivity contribution is 0.598. The fraction of sp³-hybridized carbons (Fsp3) is 0.0909. The maximum atomic E-state index is 11.9. The highest BCUT2D eigenvalue weighted by atomic mass is 35.9. The van der Waals surface area contributed by atoms with E-state index in [1.807, 2.05) is 6.07 Å². The number of allylic oxidation sites excluding steroid dienone is 2. The van der Waals surface area contributed by atoms with Crippen LogP contribution >= 0.6 is 51.5 Å². The molecule has 1 aromatic carbocycles. The highest BCUT2D eigenvalue weighted by Crippen LogP contribution is 2.69. The molecule has 0 N–H and O–H groups in total. The second kappa shape index (κ2) is 6.31. The van der Waals surface area contributed by atoms with Crippen LogP contribution in [-0.4, -0.2) is 0 Å². The normalized spacial score (nSPS) is 14.5. The Morgan fingerprint density at radius 3 is 2.18 bits per heavy atom. The molecule has 92 valence electrons. The molecule has 0 saturated heterocycles. The smallest absolute Gasteiger partial charge is 0.284 e. The zero-order valence-corrected chi connectivity index (χ0v) is 12.7. The van der Waals surface area contributed by atoms with Gasteiger partial charge in [0.1, 0.15) is 0 Å². The maximum absolute atomic E-state index is 11.9. The van der Waals surface area contributed by atoms with Crippen molar-refractivity contribution in [2.45, 2.75) is 6.92 Å². The third-order valence-corrected chi connectivity index (χ3v) is 4.99. The van der Waals surface area contributed by atoms with Crippen LogP contribution in [0.2, 0.25) is 0 Å². The van der Waals surface area contributed by atoms with Gasteiger partial charge in [0.2, 0.25) is 0 Å². The summed E-state index contributed by atoms with van der Waals surface area (Å²) in [5.41, 5.74) is 2.45. The summed E-state index contributed by atoms with van der Waals surface area (Å²) >= 11 is 23.2. The van der Waals surface area contributed by atoms with Crippen molar-refractivity contribution in [3.63, 3.8) is 0 Å². The van der Waals surface area contributed by atoms with E-state index in [2.05, 4.69) is 0 Å². The van der Waals surface area contributed by atoms with E-state index in [1.165, 1.54) is 5.54 Å². The number of halogens is 4. The van der Waals surface area contributed by atoms with E-state index >= 15 is 0 Å². The first-order valence-electron chi connectivity index (χ1n) is 4.60. The van der Waals surface area contributed by atoms with Gasteiger partial charge < -0.3 is 0 Å². The van der Waals surface area contributed by atoms with Crippen molar-refractivity contribution in [3.05, 3.63) is 52.0 Å². The molecule has 1 nitrogen and oxygen atoms in total. The first kappa shape index (κ1) is 15.1. The topological polar surface area (TPSA) is 17.1 Å². The molecular weight excluding hydrogens is 321 g/mol. The molecule has 0 aliphatic heterocycles. The van der Waals surface area contributed by atoms with E-state index in [0.29, 0.717) is 11.1 Å². The van der Waals surface area contributed by atoms with E-state index in [1.54, 1.807) is 31.2 Å². The number of benzene rings is 1. The highest BCUT2D eigenvalue weighted by Gasteiger charge is 2.26. The summed E-state index contributed by atoms with van der Waals surface area (Å²) in [4.78, 5) is 0. The van der Waals surface area contributed by atoms with Crippen molar-refractivity contribution in [3.8, 4) is 0 Å². The van der Waals surface area contributed by atoms with Gasteiger partial charge in [0, 0.05) is 5.54 Å². The molecule has 0 spiro atoms. The minimum Gasteiger partial charge on any atom is -0.284 e. The van der Waals surface area contributed by atoms with Crippen LogP contribution in [0.15, 0.2) is 46.5 Å². The molecule has 6 heteroatoms. The summed E-state index contributed by atoms with van der Waals surface area (Å²) in [7, 11) is 0. The number of rotatable bonds is 3. The molecule has 0 aromatic heterocycles. The van der Waals surface area contributed by atoms with Crippen LogP contribution in [0.5, 0.6) is 0 Å². The van der Waals surface area contributed by atoms with Gasteiger partial charge in [0.25, 0.3) is 5.85 Å². The third-order valence-electron chi connectivity index (χ3n) is 2.03. The average Bonchev–Trinajstić information content (AvgIpc) is 2.27. The van der Waals surface area contributed by atoms with Crippen LogP contribution in [0.4, 0.5) is 0 Å². The fourth-order valence-electron chi connectivity index (χ4n) is 1.22. The lowest BCUT2D eigenvalue weighted by Gasteiger charge is -2.12. The van der Waals surface area contributed by atoms with Gasteiger partial charge in [-0.05, 0) is 40.5 Å². The monoisotopic (exact) mass is 328 g/mol. The molecule has 0 atom stereocenters. The lowest BCUT2D eigenvalue weighted by Crippen LogP contribution is -1.86. The Morgan fingerprint density at radius 2 is 1.76 bits per heavy atom. The van der Waals surface area contributed by atoms with Crippen LogP contribution < -0.4 is 0 Å². The van der Waals surface area contributed by atoms with E-state index in [9.17, 15) is 4.57 Å². The second-order valence-electron chi connectivity index (χ2n) is 3.28. The summed E-state index contributed by atoms with van der Waals surface area (Å²) in [6, 6.07) is 8.85. The molecule has 1 aromatic rings. The molecule has 0 aliphatic carbocycles. The van der Waals surface area contributed by atoms with Crippen molar-refractivity contribution >= 4 is 56.8 Å². The SMILES string of the molecule is CC(=C\Cl)/C(Cl)=C(/c1ccccc1)P(=O)(Cl)Cl. The predicted molar refractivity (Wildman–Crippen MR) is 78.1 cm³/mol. The number of hydrogen-bond acceptors (Lipinski definition) is 1. The van der Waals surface area contributed by atoms with Gasteiger partial charge in [-0.15, -0.1) is 0 Å². The fourth-order valence-corrected chi connectivity index (χ4v) is 4.11. The second-order valence-corrected chi connectivity index (χ2v) is 8.63. The largest absolute Gasteiger partial charge is 0.284 e. The van der Waals surface area contributed by atoms with Crippen molar-refractivity contribution in [1.82, 2.24) is 0 Å². The Labute approximate surface area is 120 Å². The van der Waals surface area contributed by atoms with E-state index in [0.717, 1.165) is 0 Å². The van der Waals surface area contributed by atoms with E-state index < -0.39 is 5.85 Å². The minimum atomic E-state index is -3.53. The molecule has 0 heterocycles. The van der Waals surface area contributed by atoms with Crippen molar-refractivity contribution in [2.24, 2.45) is 0 Å². The van der Waals surface area contributed by atoms with Crippen molar-refractivity contribution in [1.29, 1.82) is 0 Å². The molecule has 1 rings (SSSR count). The molecule has 17 heavy (non-hydrogen) atoms. The highest BCUT2D eigenvalue weighted by molar-refractivity contribution is 8.15. The van der Waals surface area contributed by atoms with Crippen molar-refractivity contribution in [2.75, 3.05) is 0 Å². The van der Waals surface area contributed by atoms with Crippen molar-refractivity contribution < 1.29 is 4.57 Å². The quantitative estimate of drug-likeness (QED) is 0.462. The standard InChI is InChI=1S/C11H9Cl4OP/c1-8(7-12)10(13)11(17(14,15)16)9-5-3-2-4-6-9/h2-7H,1H3/b8-7+,11-10+. The van der Waals surface area contributed by atoms with Gasteiger partial charge in [0.15, 0.2) is 0 Å². The Balaban J connectivity index is 3.50. The van der Waals surface area contributed by atoms with Gasteiger partial charge >= 0.3 is 0 Å². The Kier molecular flexibility index (Phi) is 5.63. The van der Waals surface area contributed by atoms with Gasteiger partial charge in [-0.2, -0.15) is 0 Å². The minimum absolute atomic E-state index is 0.206. The zero-order valence-electron chi connectivity index (χ0n) is 8.83. The predicted octanol–water partition coefficient (Wildman–Crippen LogP) is 6.41. The zero-order chi connectivity index (χ0) is 13.1. The molecule has 0 amide bonds. The van der Waals surface area contributed by atoms with Crippen LogP contribution in [0.25, 0.3) is 5.31 Å². The molecule has 0 saturated carbocycles. The summed E-state index contributed by atoms with van der Waals surface area (Å²) in [6.07, 6.45) is 0. The van der Waals surface area contributed by atoms with Gasteiger partial charge in [-0.1, -0.05) is 53.5 Å². The van der Waals surface area contributed by atoms with Gasteiger partial charge in [0.05, 0.1) is 10.3 Å². The Morgan fingerprint density at radius 1 is 1.24 bits per heavy atom. The summed E-state index contributed by atoms with van der Waals surface area (Å²) in [6.45, 7) is 1.68. The first-order chi connectivity index (χ1) is 7.88. The first-order valence-corrected chi connectivity index (χ1v) is 8.93. The van der Waals surface area contributed by atoms with Crippen LogP contribution in [0.1, 0.15) is 12.5 Å². The molecule has 0 aliphatic rings. The van der Waals surface area contributed by atoms with Gasteiger partial charge in [-0.25, -0.2) is 0 Å². The third kappa shape index (κ3) is 4.05. The lowest BCUT2D eigenvalue weighted by atomic mass is 10.2. The summed E-state index contributed by atoms with van der Waals surface area (Å²) in [5.74, 6) is -3.53. The van der Waals surface area contributed by atoms with Crippen LogP contribution in [-0.2, 0) is 4.57 Å². The Bertz CT molecular complexity index is 501. The van der Waals surface area contributed by atoms with E-state index in [4.69, 9.17) is 45.7 Å². The number of hydrogen-bond donors (Lipinski definition) is 0. The average molecular weight is 330 g/mol. The molecule has 0 fully saturated rings. The van der Waals surface area contributed by atoms with Crippen LogP contribution in [0, 0.1) is 0 Å². The molecule has 0 radical (unpaired) electrons. The van der Waals surface area contributed by atoms with Crippen LogP contribution in [0.3, 0.4) is 0 Å². The van der Waals surface area contributed by atoms with Gasteiger partial charge in [-0.3, -0.25) is 4.57 Å².